The molecule has 138 valence electrons. The molecule has 0 aromatic heterocycles. The van der Waals surface area contributed by atoms with E-state index < -0.39 is 0 Å². The SMILES string of the molecule is CC(C(N)=O)N1CCOC2(CCN(Cc3ccc(F)cc3Cl)CC2)C1. The summed E-state index contributed by atoms with van der Waals surface area (Å²) in [4.78, 5) is 15.9. The number of piperidine rings is 1. The van der Waals surface area contributed by atoms with Gasteiger partial charge in [0.25, 0.3) is 0 Å². The Kier molecular flexibility index (Phi) is 5.63. The van der Waals surface area contributed by atoms with E-state index in [0.29, 0.717) is 18.2 Å². The number of morpholine rings is 1. The van der Waals surface area contributed by atoms with E-state index in [1.54, 1.807) is 6.07 Å². The van der Waals surface area contributed by atoms with Crippen LogP contribution in [0.3, 0.4) is 0 Å². The maximum absolute atomic E-state index is 13.2. The highest BCUT2D eigenvalue weighted by atomic mass is 35.5. The van der Waals surface area contributed by atoms with E-state index in [1.807, 2.05) is 6.92 Å². The van der Waals surface area contributed by atoms with Gasteiger partial charge in [0.1, 0.15) is 5.82 Å². The lowest BCUT2D eigenvalue weighted by Gasteiger charge is -2.48. The standard InChI is InChI=1S/C18H25ClFN3O2/c1-13(17(21)24)23-8-9-25-18(12-23)4-6-22(7-5-18)11-14-2-3-15(20)10-16(14)19/h2-3,10,13H,4-9,11-12H2,1H3,(H2,21,24). The van der Waals surface area contributed by atoms with Crippen molar-refractivity contribution >= 4 is 17.5 Å². The predicted molar refractivity (Wildman–Crippen MR) is 94.8 cm³/mol. The fourth-order valence-corrected chi connectivity index (χ4v) is 3.92. The van der Waals surface area contributed by atoms with Crippen LogP contribution in [0.1, 0.15) is 25.3 Å². The molecular formula is C18H25ClFN3O2. The second-order valence-corrected chi connectivity index (χ2v) is 7.50. The lowest BCUT2D eigenvalue weighted by Crippen LogP contribution is -2.60. The molecular weight excluding hydrogens is 345 g/mol. The van der Waals surface area contributed by atoms with E-state index in [2.05, 4.69) is 9.80 Å². The van der Waals surface area contributed by atoms with Gasteiger partial charge >= 0.3 is 0 Å². The van der Waals surface area contributed by atoms with Crippen molar-refractivity contribution in [1.29, 1.82) is 0 Å². The monoisotopic (exact) mass is 369 g/mol. The third-order valence-electron chi connectivity index (χ3n) is 5.41. The topological polar surface area (TPSA) is 58.8 Å². The van der Waals surface area contributed by atoms with Crippen LogP contribution in [0.5, 0.6) is 0 Å². The number of benzene rings is 1. The number of nitrogens with two attached hydrogens (primary N) is 1. The number of amides is 1. The lowest BCUT2D eigenvalue weighted by atomic mass is 9.88. The average molecular weight is 370 g/mol. The summed E-state index contributed by atoms with van der Waals surface area (Å²) in [6.07, 6.45) is 1.79. The van der Waals surface area contributed by atoms with Gasteiger partial charge in [-0.3, -0.25) is 14.6 Å². The van der Waals surface area contributed by atoms with Gasteiger partial charge in [0.15, 0.2) is 0 Å². The maximum Gasteiger partial charge on any atom is 0.234 e. The molecule has 0 radical (unpaired) electrons. The molecule has 1 amide bonds. The first-order valence-corrected chi connectivity index (χ1v) is 9.10. The van der Waals surface area contributed by atoms with Crippen molar-refractivity contribution < 1.29 is 13.9 Å². The minimum absolute atomic E-state index is 0.203. The van der Waals surface area contributed by atoms with E-state index in [1.165, 1.54) is 12.1 Å². The van der Waals surface area contributed by atoms with Gasteiger partial charge in [-0.15, -0.1) is 0 Å². The summed E-state index contributed by atoms with van der Waals surface area (Å²) in [5.74, 6) is -0.606. The van der Waals surface area contributed by atoms with Crippen LogP contribution in [0.4, 0.5) is 4.39 Å². The van der Waals surface area contributed by atoms with Gasteiger partial charge in [-0.1, -0.05) is 17.7 Å². The van der Waals surface area contributed by atoms with E-state index >= 15 is 0 Å². The first-order valence-electron chi connectivity index (χ1n) is 8.72. The molecule has 2 saturated heterocycles. The summed E-state index contributed by atoms with van der Waals surface area (Å²) in [5.41, 5.74) is 6.18. The summed E-state index contributed by atoms with van der Waals surface area (Å²) in [6, 6.07) is 4.28. The number of halogens is 2. The van der Waals surface area contributed by atoms with Crippen molar-refractivity contribution in [2.45, 2.75) is 38.0 Å². The van der Waals surface area contributed by atoms with Crippen LogP contribution in [0.2, 0.25) is 5.02 Å². The molecule has 0 aliphatic carbocycles. The zero-order chi connectivity index (χ0) is 18.0. The average Bonchev–Trinajstić information content (AvgIpc) is 2.59. The molecule has 2 heterocycles. The first-order chi connectivity index (χ1) is 11.9. The number of rotatable bonds is 4. The van der Waals surface area contributed by atoms with Crippen LogP contribution in [-0.4, -0.2) is 60.1 Å². The normalized spacial score (nSPS) is 22.8. The van der Waals surface area contributed by atoms with E-state index in [9.17, 15) is 9.18 Å². The molecule has 5 nitrogen and oxygen atoms in total. The Bertz CT molecular complexity index is 635. The molecule has 2 aliphatic rings. The zero-order valence-corrected chi connectivity index (χ0v) is 15.3. The Morgan fingerprint density at radius 3 is 2.76 bits per heavy atom. The van der Waals surface area contributed by atoms with Crippen molar-refractivity contribution in [3.05, 3.63) is 34.6 Å². The molecule has 0 saturated carbocycles. The highest BCUT2D eigenvalue weighted by Gasteiger charge is 2.41. The third-order valence-corrected chi connectivity index (χ3v) is 5.77. The molecule has 1 spiro atoms. The number of hydrogen-bond donors (Lipinski definition) is 1. The summed E-state index contributed by atoms with van der Waals surface area (Å²) in [5, 5.41) is 0.468. The van der Waals surface area contributed by atoms with Gasteiger partial charge in [0, 0.05) is 37.7 Å². The molecule has 2 fully saturated rings. The number of likely N-dealkylation sites (tertiary alicyclic amines) is 1. The molecule has 0 bridgehead atoms. The zero-order valence-electron chi connectivity index (χ0n) is 14.5. The molecule has 1 aromatic carbocycles. The van der Waals surface area contributed by atoms with Crippen molar-refractivity contribution in [2.24, 2.45) is 5.73 Å². The Morgan fingerprint density at radius 1 is 1.40 bits per heavy atom. The molecule has 3 rings (SSSR count). The number of ether oxygens (including phenoxy) is 1. The molecule has 2 aliphatic heterocycles. The summed E-state index contributed by atoms with van der Waals surface area (Å²) < 4.78 is 19.3. The molecule has 1 unspecified atom stereocenters. The quantitative estimate of drug-likeness (QED) is 0.882. The van der Waals surface area contributed by atoms with Crippen molar-refractivity contribution in [2.75, 3.05) is 32.8 Å². The number of carbonyl (C=O) groups excluding carboxylic acids is 1. The Hall–Kier alpha value is -1.21. The summed E-state index contributed by atoms with van der Waals surface area (Å²) in [6.45, 7) is 6.42. The van der Waals surface area contributed by atoms with Gasteiger partial charge in [0.05, 0.1) is 18.2 Å². The predicted octanol–water partition coefficient (Wildman–Crippen LogP) is 2.02. The molecule has 2 N–H and O–H groups in total. The van der Waals surface area contributed by atoms with E-state index in [4.69, 9.17) is 22.1 Å². The van der Waals surface area contributed by atoms with Crippen molar-refractivity contribution in [3.8, 4) is 0 Å². The second-order valence-electron chi connectivity index (χ2n) is 7.09. The fourth-order valence-electron chi connectivity index (χ4n) is 3.70. The van der Waals surface area contributed by atoms with E-state index in [0.717, 1.165) is 44.6 Å². The molecule has 1 aromatic rings. The Labute approximate surface area is 152 Å². The first kappa shape index (κ1) is 18.6. The molecule has 1 atom stereocenters. The lowest BCUT2D eigenvalue weighted by molar-refractivity contribution is -0.150. The second kappa shape index (κ2) is 7.58. The fraction of sp³-hybridized carbons (Fsp3) is 0.611. The van der Waals surface area contributed by atoms with Crippen molar-refractivity contribution in [1.82, 2.24) is 9.80 Å². The van der Waals surface area contributed by atoms with Crippen LogP contribution in [-0.2, 0) is 16.1 Å². The molecule has 25 heavy (non-hydrogen) atoms. The van der Waals surface area contributed by atoms with Crippen LogP contribution < -0.4 is 5.73 Å². The van der Waals surface area contributed by atoms with Crippen LogP contribution in [0.15, 0.2) is 18.2 Å². The van der Waals surface area contributed by atoms with Gasteiger partial charge in [0.2, 0.25) is 5.91 Å². The number of carbonyl (C=O) groups is 1. The minimum Gasteiger partial charge on any atom is -0.372 e. The van der Waals surface area contributed by atoms with Crippen LogP contribution in [0, 0.1) is 5.82 Å². The van der Waals surface area contributed by atoms with Gasteiger partial charge in [-0.05, 0) is 37.5 Å². The molecule has 7 heteroatoms. The Morgan fingerprint density at radius 2 is 2.12 bits per heavy atom. The number of primary amides is 1. The highest BCUT2D eigenvalue weighted by molar-refractivity contribution is 6.31. The van der Waals surface area contributed by atoms with Gasteiger partial charge in [-0.2, -0.15) is 0 Å². The number of nitrogens with zero attached hydrogens (tertiary/aromatic N) is 2. The van der Waals surface area contributed by atoms with E-state index in [-0.39, 0.29) is 23.4 Å². The van der Waals surface area contributed by atoms with Gasteiger partial charge < -0.3 is 10.5 Å². The van der Waals surface area contributed by atoms with Crippen molar-refractivity contribution in [3.63, 3.8) is 0 Å². The maximum atomic E-state index is 13.2. The smallest absolute Gasteiger partial charge is 0.234 e. The van der Waals surface area contributed by atoms with Crippen LogP contribution in [0.25, 0.3) is 0 Å². The highest BCUT2D eigenvalue weighted by Crippen LogP contribution is 2.32. The summed E-state index contributed by atoms with van der Waals surface area (Å²) >= 11 is 6.13. The summed E-state index contributed by atoms with van der Waals surface area (Å²) in [7, 11) is 0. The number of hydrogen-bond acceptors (Lipinski definition) is 4. The Balaban J connectivity index is 1.58. The van der Waals surface area contributed by atoms with Gasteiger partial charge in [-0.25, -0.2) is 4.39 Å². The largest absolute Gasteiger partial charge is 0.372 e. The van der Waals surface area contributed by atoms with Crippen LogP contribution >= 0.6 is 11.6 Å². The third kappa shape index (κ3) is 4.31. The minimum atomic E-state index is -0.314.